The summed E-state index contributed by atoms with van der Waals surface area (Å²) in [6.45, 7) is 3.06. The summed E-state index contributed by atoms with van der Waals surface area (Å²) in [4.78, 5) is 38.0. The van der Waals surface area contributed by atoms with Gasteiger partial charge in [-0.1, -0.05) is 6.07 Å². The van der Waals surface area contributed by atoms with Gasteiger partial charge in [0.1, 0.15) is 17.8 Å². The minimum Gasteiger partial charge on any atom is -0.496 e. The van der Waals surface area contributed by atoms with Gasteiger partial charge in [0.2, 0.25) is 11.8 Å². The third-order valence-corrected chi connectivity index (χ3v) is 4.69. The summed E-state index contributed by atoms with van der Waals surface area (Å²) in [5.41, 5.74) is 6.48. The van der Waals surface area contributed by atoms with E-state index in [-0.39, 0.29) is 12.3 Å². The second-order valence-electron chi connectivity index (χ2n) is 6.18. The summed E-state index contributed by atoms with van der Waals surface area (Å²) in [5.74, 6) is -0.778. The van der Waals surface area contributed by atoms with Gasteiger partial charge < -0.3 is 25.4 Å². The number of ether oxygens (including phenoxy) is 2. The van der Waals surface area contributed by atoms with E-state index in [2.05, 4.69) is 26.0 Å². The topological polar surface area (TPSA) is 111 Å². The van der Waals surface area contributed by atoms with Gasteiger partial charge in [-0.05, 0) is 47.5 Å². The predicted octanol–water partition coefficient (Wildman–Crippen LogP) is 0.852. The molecule has 0 heterocycles. The number of nitrogens with one attached hydrogen (secondary N) is 1. The fourth-order valence-electron chi connectivity index (χ4n) is 2.49. The molecule has 27 heavy (non-hydrogen) atoms. The number of nitrogens with zero attached hydrogens (tertiary/aromatic N) is 1. The molecule has 2 amide bonds. The van der Waals surface area contributed by atoms with E-state index in [1.54, 1.807) is 26.2 Å². The third kappa shape index (κ3) is 6.21. The van der Waals surface area contributed by atoms with E-state index in [0.29, 0.717) is 5.75 Å². The van der Waals surface area contributed by atoms with Crippen LogP contribution in [0.2, 0.25) is 0 Å². The number of benzene rings is 1. The molecule has 1 rings (SSSR count). The van der Waals surface area contributed by atoms with Crippen LogP contribution in [-0.2, 0) is 25.5 Å². The molecular formula is C18H26BrN3O5. The van der Waals surface area contributed by atoms with Crippen LogP contribution in [0.4, 0.5) is 0 Å². The van der Waals surface area contributed by atoms with E-state index in [0.717, 1.165) is 10.0 Å². The largest absolute Gasteiger partial charge is 0.496 e. The predicted molar refractivity (Wildman–Crippen MR) is 104 cm³/mol. The molecule has 150 valence electrons. The van der Waals surface area contributed by atoms with Gasteiger partial charge in [-0.3, -0.25) is 9.59 Å². The molecule has 0 aromatic heterocycles. The van der Waals surface area contributed by atoms with Crippen molar-refractivity contribution in [3.8, 4) is 5.75 Å². The second-order valence-corrected chi connectivity index (χ2v) is 7.03. The summed E-state index contributed by atoms with van der Waals surface area (Å²) in [6.07, 6.45) is 0.233. The average molecular weight is 444 g/mol. The Labute approximate surface area is 167 Å². The van der Waals surface area contributed by atoms with E-state index in [4.69, 9.17) is 10.5 Å². The molecule has 0 fully saturated rings. The van der Waals surface area contributed by atoms with Gasteiger partial charge in [-0.15, -0.1) is 0 Å². The van der Waals surface area contributed by atoms with Gasteiger partial charge in [0, 0.05) is 13.5 Å². The Morgan fingerprint density at radius 3 is 2.37 bits per heavy atom. The van der Waals surface area contributed by atoms with Crippen LogP contribution in [0, 0.1) is 0 Å². The molecule has 3 atom stereocenters. The van der Waals surface area contributed by atoms with E-state index in [1.165, 1.54) is 26.0 Å². The van der Waals surface area contributed by atoms with Crippen molar-refractivity contribution in [2.45, 2.75) is 38.4 Å². The lowest BCUT2D eigenvalue weighted by Gasteiger charge is -2.29. The monoisotopic (exact) mass is 443 g/mol. The van der Waals surface area contributed by atoms with Crippen LogP contribution >= 0.6 is 15.9 Å². The molecule has 1 aromatic carbocycles. The molecule has 1 aromatic rings. The fraction of sp³-hybridized carbons (Fsp3) is 0.500. The fourth-order valence-corrected chi connectivity index (χ4v) is 3.07. The Bertz CT molecular complexity index is 696. The zero-order chi connectivity index (χ0) is 20.7. The highest BCUT2D eigenvalue weighted by Gasteiger charge is 2.30. The highest BCUT2D eigenvalue weighted by atomic mass is 79.9. The van der Waals surface area contributed by atoms with Crippen LogP contribution < -0.4 is 15.8 Å². The first-order chi connectivity index (χ1) is 12.6. The molecule has 0 saturated heterocycles. The normalized spacial score (nSPS) is 13.9. The van der Waals surface area contributed by atoms with Crippen molar-refractivity contribution in [1.29, 1.82) is 0 Å². The molecule has 8 nitrogen and oxygen atoms in total. The van der Waals surface area contributed by atoms with Gasteiger partial charge in [0.15, 0.2) is 0 Å². The number of nitrogens with two attached hydrogens (primary N) is 1. The highest BCUT2D eigenvalue weighted by molar-refractivity contribution is 9.10. The first kappa shape index (κ1) is 22.9. The van der Waals surface area contributed by atoms with Crippen LogP contribution in [0.3, 0.4) is 0 Å². The maximum atomic E-state index is 12.8. The Morgan fingerprint density at radius 1 is 1.26 bits per heavy atom. The van der Waals surface area contributed by atoms with E-state index in [1.807, 2.05) is 6.07 Å². The molecule has 0 aliphatic rings. The van der Waals surface area contributed by atoms with Crippen molar-refractivity contribution in [2.75, 3.05) is 21.3 Å². The molecule has 9 heteroatoms. The Morgan fingerprint density at radius 2 is 1.89 bits per heavy atom. The van der Waals surface area contributed by atoms with Crippen LogP contribution in [0.5, 0.6) is 5.75 Å². The molecule has 0 aliphatic heterocycles. The van der Waals surface area contributed by atoms with E-state index in [9.17, 15) is 14.4 Å². The summed E-state index contributed by atoms with van der Waals surface area (Å²) >= 11 is 3.40. The van der Waals surface area contributed by atoms with Crippen LogP contribution in [-0.4, -0.2) is 62.1 Å². The molecule has 0 aliphatic carbocycles. The standard InChI is InChI=1S/C18H26BrN3O5/c1-10(20)17(24)22(3)14(16(23)21-11(2)18(25)27-5)9-12-6-7-15(26-4)13(19)8-12/h6-8,10-11,14H,9,20H2,1-5H3,(H,21,23)/t10-,11-,14+/m0/s1. The van der Waals surface area contributed by atoms with Gasteiger partial charge in [-0.2, -0.15) is 0 Å². The van der Waals surface area contributed by atoms with Gasteiger partial charge in [0.05, 0.1) is 24.7 Å². The molecule has 0 saturated carbocycles. The summed E-state index contributed by atoms with van der Waals surface area (Å²) in [5, 5.41) is 2.58. The van der Waals surface area contributed by atoms with Crippen LogP contribution in [0.15, 0.2) is 22.7 Å². The van der Waals surface area contributed by atoms with Crippen molar-refractivity contribution in [1.82, 2.24) is 10.2 Å². The molecule has 0 radical (unpaired) electrons. The Kier molecular flexibility index (Phi) is 8.71. The molecule has 0 spiro atoms. The Balaban J connectivity index is 3.10. The minimum absolute atomic E-state index is 0.233. The number of esters is 1. The van der Waals surface area contributed by atoms with Crippen LogP contribution in [0.1, 0.15) is 19.4 Å². The summed E-state index contributed by atoms with van der Waals surface area (Å²) < 4.78 is 10.6. The highest BCUT2D eigenvalue weighted by Crippen LogP contribution is 2.26. The summed E-state index contributed by atoms with van der Waals surface area (Å²) in [6, 6.07) is 2.93. The van der Waals surface area contributed by atoms with Crippen molar-refractivity contribution in [3.63, 3.8) is 0 Å². The zero-order valence-corrected chi connectivity index (χ0v) is 17.7. The van der Waals surface area contributed by atoms with Crippen molar-refractivity contribution in [2.24, 2.45) is 5.73 Å². The lowest BCUT2D eigenvalue weighted by Crippen LogP contribution is -2.55. The lowest BCUT2D eigenvalue weighted by molar-refractivity contribution is -0.146. The molecule has 0 bridgehead atoms. The number of likely N-dealkylation sites (N-methyl/N-ethyl adjacent to an activating group) is 1. The van der Waals surface area contributed by atoms with Crippen molar-refractivity contribution in [3.05, 3.63) is 28.2 Å². The first-order valence-corrected chi connectivity index (χ1v) is 9.14. The number of hydrogen-bond acceptors (Lipinski definition) is 6. The molecular weight excluding hydrogens is 418 g/mol. The molecule has 3 N–H and O–H groups in total. The van der Waals surface area contributed by atoms with Gasteiger partial charge >= 0.3 is 5.97 Å². The lowest BCUT2D eigenvalue weighted by atomic mass is 10.0. The number of amides is 2. The van der Waals surface area contributed by atoms with Crippen molar-refractivity contribution >= 4 is 33.7 Å². The maximum absolute atomic E-state index is 12.8. The smallest absolute Gasteiger partial charge is 0.328 e. The van der Waals surface area contributed by atoms with Gasteiger partial charge in [0.25, 0.3) is 0 Å². The maximum Gasteiger partial charge on any atom is 0.328 e. The van der Waals surface area contributed by atoms with Gasteiger partial charge in [-0.25, -0.2) is 4.79 Å². The average Bonchev–Trinajstić information content (AvgIpc) is 2.63. The minimum atomic E-state index is -0.851. The number of halogens is 1. The zero-order valence-electron chi connectivity index (χ0n) is 16.1. The number of rotatable bonds is 8. The summed E-state index contributed by atoms with van der Waals surface area (Å²) in [7, 11) is 4.31. The third-order valence-electron chi connectivity index (χ3n) is 4.07. The van der Waals surface area contributed by atoms with Crippen LogP contribution in [0.25, 0.3) is 0 Å². The number of hydrogen-bond donors (Lipinski definition) is 2. The SMILES string of the molecule is COC(=O)[C@H](C)NC(=O)[C@@H](Cc1ccc(OC)c(Br)c1)N(C)C(=O)[C@H](C)N. The first-order valence-electron chi connectivity index (χ1n) is 8.35. The molecule has 0 unspecified atom stereocenters. The number of methoxy groups -OCH3 is 2. The quantitative estimate of drug-likeness (QED) is 0.576. The number of carbonyl (C=O) groups excluding carboxylic acids is 3. The van der Waals surface area contributed by atoms with E-state index < -0.39 is 30.0 Å². The Hall–Kier alpha value is -2.13. The van der Waals surface area contributed by atoms with Crippen molar-refractivity contribution < 1.29 is 23.9 Å². The second kappa shape index (κ2) is 10.3. The number of carbonyl (C=O) groups is 3. The van der Waals surface area contributed by atoms with E-state index >= 15 is 0 Å².